The van der Waals surface area contributed by atoms with Gasteiger partial charge >= 0.3 is 6.03 Å². The molecule has 4 heteroatoms. The third kappa shape index (κ3) is 4.19. The molecule has 0 unspecified atom stereocenters. The van der Waals surface area contributed by atoms with Gasteiger partial charge in [-0.1, -0.05) is 48.7 Å². The first-order valence-corrected chi connectivity index (χ1v) is 8.95. The van der Waals surface area contributed by atoms with E-state index in [-0.39, 0.29) is 17.9 Å². The van der Waals surface area contributed by atoms with Gasteiger partial charge in [0.15, 0.2) is 0 Å². The standard InChI is InChI=1S/C21H25FN2O/c1-15-7-6-8-17(13-15)20-9-4-3-5-12-24(20)21(25)23-18-11-10-16(2)19(22)14-18/h6-8,10-11,13-14,20H,3-5,9,12H2,1-2H3,(H,23,25)/t20-/m0/s1. The average molecular weight is 340 g/mol. The molecule has 1 aliphatic heterocycles. The largest absolute Gasteiger partial charge is 0.322 e. The van der Waals surface area contributed by atoms with Crippen LogP contribution in [0.2, 0.25) is 0 Å². The third-order valence-electron chi connectivity index (χ3n) is 4.86. The number of anilines is 1. The van der Waals surface area contributed by atoms with Crippen LogP contribution in [0.4, 0.5) is 14.9 Å². The Hall–Kier alpha value is -2.36. The Labute approximate surface area is 148 Å². The zero-order valence-electron chi connectivity index (χ0n) is 14.9. The Morgan fingerprint density at radius 3 is 2.72 bits per heavy atom. The fourth-order valence-electron chi connectivity index (χ4n) is 3.44. The topological polar surface area (TPSA) is 32.3 Å². The first-order chi connectivity index (χ1) is 12.0. The lowest BCUT2D eigenvalue weighted by Gasteiger charge is -2.31. The molecule has 25 heavy (non-hydrogen) atoms. The highest BCUT2D eigenvalue weighted by atomic mass is 19.1. The molecule has 0 aromatic heterocycles. The summed E-state index contributed by atoms with van der Waals surface area (Å²) < 4.78 is 13.8. The molecule has 2 aromatic rings. The highest BCUT2D eigenvalue weighted by Gasteiger charge is 2.27. The monoisotopic (exact) mass is 340 g/mol. The fraction of sp³-hybridized carbons (Fsp3) is 0.381. The number of amides is 2. The van der Waals surface area contributed by atoms with Crippen molar-refractivity contribution in [3.05, 3.63) is 65.0 Å². The molecule has 2 amide bonds. The van der Waals surface area contributed by atoms with Crippen molar-refractivity contribution in [2.45, 2.75) is 45.6 Å². The van der Waals surface area contributed by atoms with Gasteiger partial charge in [-0.3, -0.25) is 0 Å². The molecule has 1 N–H and O–H groups in total. The maximum absolute atomic E-state index is 13.8. The van der Waals surface area contributed by atoms with E-state index >= 15 is 0 Å². The second kappa shape index (κ2) is 7.68. The van der Waals surface area contributed by atoms with Gasteiger partial charge in [0.25, 0.3) is 0 Å². The normalized spacial score (nSPS) is 17.9. The molecular formula is C21H25FN2O. The van der Waals surface area contributed by atoms with Gasteiger partial charge in [0.2, 0.25) is 0 Å². The summed E-state index contributed by atoms with van der Waals surface area (Å²) in [5, 5.41) is 2.87. The number of nitrogens with one attached hydrogen (secondary N) is 1. The van der Waals surface area contributed by atoms with Gasteiger partial charge in [-0.15, -0.1) is 0 Å². The molecule has 0 spiro atoms. The highest BCUT2D eigenvalue weighted by Crippen LogP contribution is 2.31. The zero-order valence-corrected chi connectivity index (χ0v) is 14.9. The molecule has 1 fully saturated rings. The number of urea groups is 1. The predicted octanol–water partition coefficient (Wildman–Crippen LogP) is 5.59. The van der Waals surface area contributed by atoms with Gasteiger partial charge < -0.3 is 10.2 Å². The minimum atomic E-state index is -0.302. The van der Waals surface area contributed by atoms with Gasteiger partial charge in [-0.2, -0.15) is 0 Å². The van der Waals surface area contributed by atoms with Crippen molar-refractivity contribution in [3.8, 4) is 0 Å². The van der Waals surface area contributed by atoms with Crippen molar-refractivity contribution in [3.63, 3.8) is 0 Å². The Balaban J connectivity index is 1.82. The third-order valence-corrected chi connectivity index (χ3v) is 4.86. The summed E-state index contributed by atoms with van der Waals surface area (Å²) in [5.74, 6) is -0.302. The molecule has 1 aliphatic rings. The van der Waals surface area contributed by atoms with Crippen LogP contribution >= 0.6 is 0 Å². The first-order valence-electron chi connectivity index (χ1n) is 8.95. The molecule has 3 nitrogen and oxygen atoms in total. The van der Waals surface area contributed by atoms with E-state index in [9.17, 15) is 9.18 Å². The summed E-state index contributed by atoms with van der Waals surface area (Å²) in [6.07, 6.45) is 4.20. The second-order valence-corrected chi connectivity index (χ2v) is 6.87. The molecule has 0 radical (unpaired) electrons. The lowest BCUT2D eigenvalue weighted by Crippen LogP contribution is -2.38. The summed E-state index contributed by atoms with van der Waals surface area (Å²) in [5.41, 5.74) is 3.44. The molecule has 3 rings (SSSR count). The molecule has 132 valence electrons. The SMILES string of the molecule is Cc1cccc([C@@H]2CCCCCN2C(=O)Nc2ccc(C)c(F)c2)c1. The molecule has 1 saturated heterocycles. The Morgan fingerprint density at radius 2 is 1.96 bits per heavy atom. The van der Waals surface area contributed by atoms with E-state index < -0.39 is 0 Å². The van der Waals surface area contributed by atoms with Crippen LogP contribution in [0.1, 0.15) is 48.4 Å². The minimum Gasteiger partial charge on any atom is -0.317 e. The Morgan fingerprint density at radius 1 is 1.12 bits per heavy atom. The summed E-state index contributed by atoms with van der Waals surface area (Å²) in [6, 6.07) is 13.1. The molecule has 1 atom stereocenters. The predicted molar refractivity (Wildman–Crippen MR) is 99.2 cm³/mol. The minimum absolute atomic E-state index is 0.0673. The lowest BCUT2D eigenvalue weighted by molar-refractivity contribution is 0.189. The number of carbonyl (C=O) groups excluding carboxylic acids is 1. The smallest absolute Gasteiger partial charge is 0.317 e. The van der Waals surface area contributed by atoms with Gasteiger partial charge in [0.1, 0.15) is 5.82 Å². The number of nitrogens with zero attached hydrogens (tertiary/aromatic N) is 1. The highest BCUT2D eigenvalue weighted by molar-refractivity contribution is 5.89. The summed E-state index contributed by atoms with van der Waals surface area (Å²) in [7, 11) is 0. The number of aryl methyl sites for hydroxylation is 2. The van der Waals surface area contributed by atoms with Crippen molar-refractivity contribution in [2.24, 2.45) is 0 Å². The summed E-state index contributed by atoms with van der Waals surface area (Å²) in [4.78, 5) is 14.8. The number of carbonyl (C=O) groups is 1. The van der Waals surface area contributed by atoms with Crippen LogP contribution in [0.25, 0.3) is 0 Å². The number of likely N-dealkylation sites (tertiary alicyclic amines) is 1. The van der Waals surface area contributed by atoms with Crippen LogP contribution < -0.4 is 5.32 Å². The number of rotatable bonds is 2. The number of halogens is 1. The van der Waals surface area contributed by atoms with Crippen LogP contribution in [0.3, 0.4) is 0 Å². The lowest BCUT2D eigenvalue weighted by atomic mass is 9.99. The van der Waals surface area contributed by atoms with E-state index in [1.54, 1.807) is 19.1 Å². The molecule has 2 aromatic carbocycles. The van der Waals surface area contributed by atoms with E-state index in [4.69, 9.17) is 0 Å². The van der Waals surface area contributed by atoms with Crippen LogP contribution in [0.15, 0.2) is 42.5 Å². The average Bonchev–Trinajstić information content (AvgIpc) is 2.84. The van der Waals surface area contributed by atoms with Crippen molar-refractivity contribution < 1.29 is 9.18 Å². The van der Waals surface area contributed by atoms with Crippen LogP contribution in [0, 0.1) is 19.7 Å². The fourth-order valence-corrected chi connectivity index (χ4v) is 3.44. The van der Waals surface area contributed by atoms with Gasteiger partial charge in [0.05, 0.1) is 6.04 Å². The number of hydrogen-bond acceptors (Lipinski definition) is 1. The van der Waals surface area contributed by atoms with Crippen molar-refractivity contribution >= 4 is 11.7 Å². The van der Waals surface area contributed by atoms with Crippen LogP contribution in [-0.2, 0) is 0 Å². The second-order valence-electron chi connectivity index (χ2n) is 6.87. The van der Waals surface area contributed by atoms with E-state index in [2.05, 4.69) is 30.4 Å². The van der Waals surface area contributed by atoms with E-state index in [1.165, 1.54) is 17.2 Å². The summed E-state index contributed by atoms with van der Waals surface area (Å²) >= 11 is 0. The Kier molecular flexibility index (Phi) is 5.37. The van der Waals surface area contributed by atoms with Crippen molar-refractivity contribution in [2.75, 3.05) is 11.9 Å². The summed E-state index contributed by atoms with van der Waals surface area (Å²) in [6.45, 7) is 4.50. The van der Waals surface area contributed by atoms with Gasteiger partial charge in [-0.05, 0) is 49.9 Å². The molecule has 1 heterocycles. The van der Waals surface area contributed by atoms with Crippen molar-refractivity contribution in [1.82, 2.24) is 4.90 Å². The van der Waals surface area contributed by atoms with Gasteiger partial charge in [0, 0.05) is 12.2 Å². The number of benzene rings is 2. The zero-order chi connectivity index (χ0) is 17.8. The molecular weight excluding hydrogens is 315 g/mol. The van der Waals surface area contributed by atoms with Gasteiger partial charge in [-0.25, -0.2) is 9.18 Å². The van der Waals surface area contributed by atoms with E-state index in [0.717, 1.165) is 32.2 Å². The maximum Gasteiger partial charge on any atom is 0.322 e. The number of hydrogen-bond donors (Lipinski definition) is 1. The molecule has 0 aliphatic carbocycles. The Bertz CT molecular complexity index is 759. The quantitative estimate of drug-likeness (QED) is 0.759. The maximum atomic E-state index is 13.8. The van der Waals surface area contributed by atoms with Crippen LogP contribution in [0.5, 0.6) is 0 Å². The molecule has 0 saturated carbocycles. The van der Waals surface area contributed by atoms with E-state index in [1.807, 2.05) is 11.0 Å². The van der Waals surface area contributed by atoms with E-state index in [0.29, 0.717) is 11.3 Å². The first kappa shape index (κ1) is 17.5. The van der Waals surface area contributed by atoms with Crippen LogP contribution in [-0.4, -0.2) is 17.5 Å². The van der Waals surface area contributed by atoms with Crippen molar-refractivity contribution in [1.29, 1.82) is 0 Å². The molecule has 0 bridgehead atoms.